The maximum absolute atomic E-state index is 6.65. The molecule has 11 rings (SSSR count). The van der Waals surface area contributed by atoms with Crippen molar-refractivity contribution in [3.63, 3.8) is 0 Å². The Hall–Kier alpha value is -6.18. The lowest BCUT2D eigenvalue weighted by Gasteiger charge is -2.28. The highest BCUT2D eigenvalue weighted by Crippen LogP contribution is 2.43. The first-order valence-corrected chi connectivity index (χ1v) is 20.9. The second-order valence-electron chi connectivity index (χ2n) is 17.0. The molecular weight excluding hydrogens is 703 g/mol. The van der Waals surface area contributed by atoms with Crippen LogP contribution in [0.5, 0.6) is 0 Å². The Bertz CT molecular complexity index is 3560. The molecule has 0 fully saturated rings. The Morgan fingerprint density at radius 3 is 1.39 bits per heavy atom. The van der Waals surface area contributed by atoms with Gasteiger partial charge in [-0.3, -0.25) is 0 Å². The zero-order chi connectivity index (χ0) is 40.4. The summed E-state index contributed by atoms with van der Waals surface area (Å²) >= 11 is 0. The first kappa shape index (κ1) is 35.9. The summed E-state index contributed by atoms with van der Waals surface area (Å²) in [6, 6.07) is 49.4. The molecule has 0 aliphatic rings. The average molecular weight is 741 g/mol. The summed E-state index contributed by atoms with van der Waals surface area (Å²) in [4.78, 5) is 0. The van der Waals surface area contributed by atoms with Crippen molar-refractivity contribution in [3.05, 3.63) is 133 Å². The number of furan rings is 1. The van der Waals surface area contributed by atoms with Gasteiger partial charge in [0.1, 0.15) is 73.9 Å². The standard InChI is InChI=1S/C50H38B8O/c51-42-38-36(26-14-12-25(13-15-26)29-10-5-11-31-28-8-3-1-6-23(28)16-19-32(29)31)39-41(45(54)49(58)47(56)43(39)52)37(40(38)44(53)48(57)46(42)55)27-18-21-35-34(22-27)33-20-17-24-7-2-4-9-30(24)50(33)59-35/h1-22H,51-58H2. The lowest BCUT2D eigenvalue weighted by molar-refractivity contribution is 0.672. The van der Waals surface area contributed by atoms with E-state index in [0.29, 0.717) is 0 Å². The fourth-order valence-corrected chi connectivity index (χ4v) is 10.5. The molecule has 0 unspecified atom stereocenters. The maximum Gasteiger partial charge on any atom is 0.143 e. The predicted molar refractivity (Wildman–Crippen MR) is 283 cm³/mol. The van der Waals surface area contributed by atoms with Gasteiger partial charge in [-0.15, -0.1) is 21.9 Å². The molecule has 0 spiro atoms. The van der Waals surface area contributed by atoms with Gasteiger partial charge in [0.25, 0.3) is 0 Å². The summed E-state index contributed by atoms with van der Waals surface area (Å²) < 4.78 is 6.65. The largest absolute Gasteiger partial charge is 0.455 e. The number of rotatable bonds is 3. The molecule has 1 aromatic heterocycles. The molecule has 1 heterocycles. The Morgan fingerprint density at radius 2 is 0.780 bits per heavy atom. The third-order valence-electron chi connectivity index (χ3n) is 14.3. The number of hydrogen-bond donors (Lipinski definition) is 0. The fraction of sp³-hybridized carbons (Fsp3) is 0. The van der Waals surface area contributed by atoms with Crippen LogP contribution in [0.2, 0.25) is 0 Å². The molecule has 0 aliphatic heterocycles. The zero-order valence-electron chi connectivity index (χ0n) is 35.1. The molecule has 0 bridgehead atoms. The minimum absolute atomic E-state index is 0.921. The molecule has 0 saturated heterocycles. The van der Waals surface area contributed by atoms with E-state index in [4.69, 9.17) is 4.42 Å². The number of fused-ring (bicyclic) bond motifs is 10. The molecule has 0 saturated carbocycles. The molecule has 268 valence electrons. The number of hydrogen-bond acceptors (Lipinski definition) is 1. The van der Waals surface area contributed by atoms with Crippen molar-refractivity contribution in [2.45, 2.75) is 0 Å². The van der Waals surface area contributed by atoms with E-state index in [9.17, 15) is 0 Å². The van der Waals surface area contributed by atoms with Crippen LogP contribution in [0, 0.1) is 0 Å². The smallest absolute Gasteiger partial charge is 0.143 e. The second kappa shape index (κ2) is 13.2. The van der Waals surface area contributed by atoms with E-state index in [1.165, 1.54) is 126 Å². The molecular formula is C50H38B8O. The van der Waals surface area contributed by atoms with Crippen molar-refractivity contribution < 1.29 is 4.42 Å². The molecule has 1 nitrogen and oxygen atoms in total. The minimum atomic E-state index is 0.921. The molecule has 0 N–H and O–H groups in total. The maximum atomic E-state index is 6.65. The summed E-state index contributed by atoms with van der Waals surface area (Å²) in [5, 5.41) is 15.2. The monoisotopic (exact) mass is 742 g/mol. The van der Waals surface area contributed by atoms with Crippen molar-refractivity contribution in [1.29, 1.82) is 0 Å². The van der Waals surface area contributed by atoms with E-state index in [1.54, 1.807) is 0 Å². The first-order valence-electron chi connectivity index (χ1n) is 20.9. The first-order chi connectivity index (χ1) is 28.6. The SMILES string of the molecule is Bc1c(B)c(B)c2c(-c3ccc4oc5c6ccccc6ccc5c4c3)c3c(B)c(B)c(B)c(B)c3c(-c3ccc(-c4cccc5c4ccc4ccccc45)cc3)c2c1B. The highest BCUT2D eigenvalue weighted by molar-refractivity contribution is 6.71. The van der Waals surface area contributed by atoms with Crippen LogP contribution in [0.1, 0.15) is 0 Å². The third kappa shape index (κ3) is 5.10. The molecule has 10 aromatic carbocycles. The second-order valence-corrected chi connectivity index (χ2v) is 17.0. The van der Waals surface area contributed by atoms with E-state index in [-0.39, 0.29) is 0 Å². The van der Waals surface area contributed by atoms with E-state index in [2.05, 4.69) is 196 Å². The van der Waals surface area contributed by atoms with E-state index >= 15 is 0 Å². The Labute approximate surface area is 351 Å². The molecule has 0 aliphatic carbocycles. The topological polar surface area (TPSA) is 13.1 Å². The lowest BCUT2D eigenvalue weighted by Crippen LogP contribution is -2.50. The quantitative estimate of drug-likeness (QED) is 0.146. The van der Waals surface area contributed by atoms with Crippen LogP contribution >= 0.6 is 0 Å². The van der Waals surface area contributed by atoms with Gasteiger partial charge in [0.15, 0.2) is 0 Å². The molecule has 9 heteroatoms. The lowest BCUT2D eigenvalue weighted by atomic mass is 9.59. The summed E-state index contributed by atoms with van der Waals surface area (Å²) in [5.41, 5.74) is 20.3. The molecule has 59 heavy (non-hydrogen) atoms. The van der Waals surface area contributed by atoms with Gasteiger partial charge in [-0.25, -0.2) is 0 Å². The van der Waals surface area contributed by atoms with Crippen molar-refractivity contribution in [1.82, 2.24) is 0 Å². The summed E-state index contributed by atoms with van der Waals surface area (Å²) in [7, 11) is 18.6. The summed E-state index contributed by atoms with van der Waals surface area (Å²) in [5.74, 6) is 0. The van der Waals surface area contributed by atoms with Gasteiger partial charge in [-0.2, -0.15) is 0 Å². The molecule has 0 amide bonds. The van der Waals surface area contributed by atoms with Gasteiger partial charge in [-0.1, -0.05) is 137 Å². The van der Waals surface area contributed by atoms with Gasteiger partial charge in [0, 0.05) is 16.2 Å². The van der Waals surface area contributed by atoms with Crippen molar-refractivity contribution in [3.8, 4) is 33.4 Å². The molecule has 11 aromatic rings. The summed E-state index contributed by atoms with van der Waals surface area (Å²) in [6.07, 6.45) is 0. The highest BCUT2D eigenvalue weighted by atomic mass is 16.3. The minimum Gasteiger partial charge on any atom is -0.455 e. The van der Waals surface area contributed by atoms with E-state index < -0.39 is 0 Å². The van der Waals surface area contributed by atoms with Crippen LogP contribution in [0.15, 0.2) is 138 Å². The van der Waals surface area contributed by atoms with Gasteiger partial charge < -0.3 is 4.42 Å². The highest BCUT2D eigenvalue weighted by Gasteiger charge is 2.26. The third-order valence-corrected chi connectivity index (χ3v) is 14.3. The van der Waals surface area contributed by atoms with Crippen LogP contribution in [0.4, 0.5) is 0 Å². The average Bonchev–Trinajstić information content (AvgIpc) is 3.66. The molecule has 0 atom stereocenters. The van der Waals surface area contributed by atoms with Gasteiger partial charge in [0.2, 0.25) is 0 Å². The predicted octanol–water partition coefficient (Wildman–Crippen LogP) is 0.420. The van der Waals surface area contributed by atoms with Gasteiger partial charge in [0.05, 0.1) is 0 Å². The zero-order valence-corrected chi connectivity index (χ0v) is 35.1. The van der Waals surface area contributed by atoms with Gasteiger partial charge in [-0.05, 0) is 100 Å². The van der Waals surface area contributed by atoms with Crippen LogP contribution in [0.3, 0.4) is 0 Å². The normalized spacial score (nSPS) is 11.9. The Kier molecular flexibility index (Phi) is 8.02. The summed E-state index contributed by atoms with van der Waals surface area (Å²) in [6.45, 7) is 0. The van der Waals surface area contributed by atoms with E-state index in [1.807, 2.05) is 0 Å². The van der Waals surface area contributed by atoms with Crippen LogP contribution in [-0.4, -0.2) is 62.8 Å². The van der Waals surface area contributed by atoms with Crippen molar-refractivity contribution >= 4 is 182 Å². The number of benzene rings is 10. The van der Waals surface area contributed by atoms with Crippen molar-refractivity contribution in [2.24, 2.45) is 0 Å². The Morgan fingerprint density at radius 1 is 0.305 bits per heavy atom. The Balaban J connectivity index is 1.22. The fourth-order valence-electron chi connectivity index (χ4n) is 10.5. The van der Waals surface area contributed by atoms with Crippen LogP contribution < -0.4 is 43.7 Å². The van der Waals surface area contributed by atoms with Crippen LogP contribution in [-0.2, 0) is 0 Å². The van der Waals surface area contributed by atoms with Crippen molar-refractivity contribution in [2.75, 3.05) is 0 Å². The molecule has 0 radical (unpaired) electrons. The van der Waals surface area contributed by atoms with Crippen LogP contribution in [0.25, 0.3) is 109 Å². The van der Waals surface area contributed by atoms with Gasteiger partial charge >= 0.3 is 0 Å². The van der Waals surface area contributed by atoms with E-state index in [0.717, 1.165) is 27.3 Å².